The van der Waals surface area contributed by atoms with E-state index in [4.69, 9.17) is 4.74 Å². The first-order valence-electron chi connectivity index (χ1n) is 5.45. The standard InChI is InChI=1S/C12H15NO3/c1-13-7-9(12(15)16-2)8-5-3-4-6-10(14)11(8)13/h7H,3-6H2,1-2H3. The summed E-state index contributed by atoms with van der Waals surface area (Å²) in [6.45, 7) is 0. The third-order valence-electron chi connectivity index (χ3n) is 3.04. The number of hydrogen-bond donors (Lipinski definition) is 0. The van der Waals surface area contributed by atoms with Crippen LogP contribution >= 0.6 is 0 Å². The molecule has 0 radical (unpaired) electrons. The summed E-state index contributed by atoms with van der Waals surface area (Å²) in [4.78, 5) is 23.4. The minimum atomic E-state index is -0.355. The molecular weight excluding hydrogens is 206 g/mol. The summed E-state index contributed by atoms with van der Waals surface area (Å²) >= 11 is 0. The smallest absolute Gasteiger partial charge is 0.339 e. The average molecular weight is 221 g/mol. The number of carbonyl (C=O) groups excluding carboxylic acids is 2. The van der Waals surface area contributed by atoms with E-state index >= 15 is 0 Å². The second-order valence-electron chi connectivity index (χ2n) is 4.10. The van der Waals surface area contributed by atoms with Crippen LogP contribution < -0.4 is 0 Å². The van der Waals surface area contributed by atoms with Gasteiger partial charge in [0.25, 0.3) is 0 Å². The zero-order valence-electron chi connectivity index (χ0n) is 9.58. The Bertz CT molecular complexity index is 445. The van der Waals surface area contributed by atoms with Crippen LogP contribution in [0.4, 0.5) is 0 Å². The third kappa shape index (κ3) is 1.64. The average Bonchev–Trinajstić information content (AvgIpc) is 2.47. The maximum atomic E-state index is 11.9. The Morgan fingerprint density at radius 3 is 2.75 bits per heavy atom. The van der Waals surface area contributed by atoms with Crippen molar-refractivity contribution in [3.8, 4) is 0 Å². The molecule has 1 aliphatic carbocycles. The number of Topliss-reactive ketones (excluding diaryl/α,β-unsaturated/α-hetero) is 1. The largest absolute Gasteiger partial charge is 0.465 e. The van der Waals surface area contributed by atoms with Crippen molar-refractivity contribution in [2.45, 2.75) is 25.7 Å². The molecule has 16 heavy (non-hydrogen) atoms. The van der Waals surface area contributed by atoms with E-state index in [2.05, 4.69) is 0 Å². The Balaban J connectivity index is 2.54. The fraction of sp³-hybridized carbons (Fsp3) is 0.500. The van der Waals surface area contributed by atoms with E-state index in [1.165, 1.54) is 7.11 Å². The van der Waals surface area contributed by atoms with Gasteiger partial charge in [0.1, 0.15) is 0 Å². The molecule has 1 aromatic rings. The van der Waals surface area contributed by atoms with Crippen LogP contribution in [0.5, 0.6) is 0 Å². The van der Waals surface area contributed by atoms with Crippen molar-refractivity contribution < 1.29 is 14.3 Å². The van der Waals surface area contributed by atoms with Gasteiger partial charge in [-0.15, -0.1) is 0 Å². The van der Waals surface area contributed by atoms with E-state index in [0.717, 1.165) is 24.8 Å². The van der Waals surface area contributed by atoms with Crippen LogP contribution in [0.25, 0.3) is 0 Å². The lowest BCUT2D eigenvalue weighted by Crippen LogP contribution is -2.06. The predicted octanol–water partition coefficient (Wildman–Crippen LogP) is 1.72. The van der Waals surface area contributed by atoms with Crippen LogP contribution in [0.15, 0.2) is 6.20 Å². The second-order valence-corrected chi connectivity index (χ2v) is 4.10. The molecular formula is C12H15NO3. The first kappa shape index (κ1) is 10.9. The molecule has 0 fully saturated rings. The molecule has 0 N–H and O–H groups in total. The lowest BCUT2D eigenvalue weighted by Gasteiger charge is -2.02. The maximum Gasteiger partial charge on any atom is 0.339 e. The van der Waals surface area contributed by atoms with E-state index in [9.17, 15) is 9.59 Å². The van der Waals surface area contributed by atoms with Crippen LogP contribution in [-0.2, 0) is 18.2 Å². The fourth-order valence-corrected chi connectivity index (χ4v) is 2.29. The first-order valence-corrected chi connectivity index (χ1v) is 5.45. The topological polar surface area (TPSA) is 48.3 Å². The zero-order chi connectivity index (χ0) is 11.7. The number of ketones is 1. The van der Waals surface area contributed by atoms with Gasteiger partial charge in [-0.1, -0.05) is 0 Å². The molecule has 0 saturated heterocycles. The number of ether oxygens (including phenoxy) is 1. The molecule has 0 unspecified atom stereocenters. The van der Waals surface area contributed by atoms with Gasteiger partial charge in [-0.2, -0.15) is 0 Å². The molecule has 1 aromatic heterocycles. The third-order valence-corrected chi connectivity index (χ3v) is 3.04. The van der Waals surface area contributed by atoms with Crippen molar-refractivity contribution in [2.24, 2.45) is 7.05 Å². The van der Waals surface area contributed by atoms with Crippen LogP contribution in [0.2, 0.25) is 0 Å². The summed E-state index contributed by atoms with van der Waals surface area (Å²) in [5.41, 5.74) is 2.07. The summed E-state index contributed by atoms with van der Waals surface area (Å²) in [5.74, 6) is -0.225. The van der Waals surface area contributed by atoms with Crippen molar-refractivity contribution in [3.63, 3.8) is 0 Å². The molecule has 4 heteroatoms. The Hall–Kier alpha value is -1.58. The molecule has 0 atom stereocenters. The van der Waals surface area contributed by atoms with Gasteiger partial charge in [-0.25, -0.2) is 4.79 Å². The van der Waals surface area contributed by atoms with E-state index in [1.54, 1.807) is 17.8 Å². The van der Waals surface area contributed by atoms with Gasteiger partial charge >= 0.3 is 5.97 Å². The Labute approximate surface area is 94.2 Å². The summed E-state index contributed by atoms with van der Waals surface area (Å²) < 4.78 is 6.47. The predicted molar refractivity (Wildman–Crippen MR) is 58.6 cm³/mol. The van der Waals surface area contributed by atoms with Gasteiger partial charge in [0.05, 0.1) is 18.4 Å². The van der Waals surface area contributed by atoms with E-state index in [-0.39, 0.29) is 11.8 Å². The Kier molecular flexibility index (Phi) is 2.81. The monoisotopic (exact) mass is 221 g/mol. The number of fused-ring (bicyclic) bond motifs is 1. The van der Waals surface area contributed by atoms with Gasteiger partial charge in [-0.05, 0) is 24.8 Å². The van der Waals surface area contributed by atoms with Crippen LogP contribution in [0.3, 0.4) is 0 Å². The van der Waals surface area contributed by atoms with Gasteiger partial charge in [-0.3, -0.25) is 4.79 Å². The number of methoxy groups -OCH3 is 1. The molecule has 0 bridgehead atoms. The van der Waals surface area contributed by atoms with E-state index < -0.39 is 0 Å². The molecule has 0 amide bonds. The van der Waals surface area contributed by atoms with E-state index in [1.807, 2.05) is 0 Å². The minimum absolute atomic E-state index is 0.130. The normalized spacial score (nSPS) is 15.5. The van der Waals surface area contributed by atoms with Crippen molar-refractivity contribution >= 4 is 11.8 Å². The minimum Gasteiger partial charge on any atom is -0.465 e. The number of aryl methyl sites for hydroxylation is 1. The quantitative estimate of drug-likeness (QED) is 0.536. The van der Waals surface area contributed by atoms with Gasteiger partial charge < -0.3 is 9.30 Å². The highest BCUT2D eigenvalue weighted by Gasteiger charge is 2.25. The van der Waals surface area contributed by atoms with Crippen LogP contribution in [0.1, 0.15) is 45.7 Å². The molecule has 1 aliphatic rings. The highest BCUT2D eigenvalue weighted by atomic mass is 16.5. The number of rotatable bonds is 1. The van der Waals surface area contributed by atoms with Gasteiger partial charge in [0.15, 0.2) is 5.78 Å². The fourth-order valence-electron chi connectivity index (χ4n) is 2.29. The molecule has 2 rings (SSSR count). The molecule has 86 valence electrons. The second kappa shape index (κ2) is 4.12. The number of nitrogens with zero attached hydrogens (tertiary/aromatic N) is 1. The lowest BCUT2D eigenvalue weighted by molar-refractivity contribution is 0.0599. The van der Waals surface area contributed by atoms with Gasteiger partial charge in [0, 0.05) is 19.7 Å². The van der Waals surface area contributed by atoms with Gasteiger partial charge in [0.2, 0.25) is 0 Å². The van der Waals surface area contributed by atoms with Crippen LogP contribution in [0, 0.1) is 0 Å². The lowest BCUT2D eigenvalue weighted by atomic mass is 10.1. The summed E-state index contributed by atoms with van der Waals surface area (Å²) in [7, 11) is 3.16. The molecule has 4 nitrogen and oxygen atoms in total. The molecule has 0 spiro atoms. The molecule has 0 aliphatic heterocycles. The maximum absolute atomic E-state index is 11.9. The highest BCUT2D eigenvalue weighted by Crippen LogP contribution is 2.25. The van der Waals surface area contributed by atoms with Crippen molar-refractivity contribution in [2.75, 3.05) is 7.11 Å². The summed E-state index contributed by atoms with van der Waals surface area (Å²) in [6, 6.07) is 0. The summed E-state index contributed by atoms with van der Waals surface area (Å²) in [6.07, 6.45) is 4.90. The molecule has 0 saturated carbocycles. The molecule has 1 heterocycles. The number of esters is 1. The number of aromatic nitrogens is 1. The zero-order valence-corrected chi connectivity index (χ0v) is 9.58. The molecule has 0 aromatic carbocycles. The van der Waals surface area contributed by atoms with Crippen molar-refractivity contribution in [3.05, 3.63) is 23.0 Å². The van der Waals surface area contributed by atoms with Crippen molar-refractivity contribution in [1.82, 2.24) is 4.57 Å². The van der Waals surface area contributed by atoms with E-state index in [0.29, 0.717) is 17.7 Å². The SMILES string of the molecule is COC(=O)c1cn(C)c2c1CCCCC2=O. The highest BCUT2D eigenvalue weighted by molar-refractivity contribution is 6.01. The Morgan fingerprint density at radius 1 is 1.38 bits per heavy atom. The first-order chi connectivity index (χ1) is 7.65. The summed E-state index contributed by atoms with van der Waals surface area (Å²) in [5, 5.41) is 0. The van der Waals surface area contributed by atoms with Crippen LogP contribution in [-0.4, -0.2) is 23.4 Å². The van der Waals surface area contributed by atoms with Crippen molar-refractivity contribution in [1.29, 1.82) is 0 Å². The Morgan fingerprint density at radius 2 is 2.06 bits per heavy atom. The number of carbonyl (C=O) groups is 2. The number of hydrogen-bond acceptors (Lipinski definition) is 3.